The van der Waals surface area contributed by atoms with Gasteiger partial charge in [0.25, 0.3) is 5.91 Å². The zero-order valence-electron chi connectivity index (χ0n) is 12.4. The van der Waals surface area contributed by atoms with Crippen molar-refractivity contribution in [2.75, 3.05) is 13.6 Å². The molecule has 1 aromatic rings. The Labute approximate surface area is 128 Å². The number of hydrogen-bond donors (Lipinski definition) is 1. The highest BCUT2D eigenvalue weighted by Gasteiger charge is 2.18. The third-order valence-corrected chi connectivity index (χ3v) is 3.24. The lowest BCUT2D eigenvalue weighted by Gasteiger charge is -2.23. The molecule has 0 aliphatic rings. The van der Waals surface area contributed by atoms with Gasteiger partial charge in [0.15, 0.2) is 0 Å². The Morgan fingerprint density at radius 1 is 1.20 bits per heavy atom. The van der Waals surface area contributed by atoms with Crippen LogP contribution in [0.5, 0.6) is 0 Å². The largest absolute Gasteiger partial charge is 0.350 e. The van der Waals surface area contributed by atoms with Gasteiger partial charge >= 0.3 is 0 Å². The van der Waals surface area contributed by atoms with Gasteiger partial charge in [0.2, 0.25) is 5.91 Å². The summed E-state index contributed by atoms with van der Waals surface area (Å²) < 4.78 is 0. The Hall–Kier alpha value is -1.36. The molecule has 0 aliphatic carbocycles. The number of carbonyl (C=O) groups is 2. The molecule has 110 valence electrons. The molecule has 0 saturated carbocycles. The first-order valence-electron chi connectivity index (χ1n) is 6.44. The second-order valence-corrected chi connectivity index (χ2v) is 6.35. The van der Waals surface area contributed by atoms with Crippen LogP contribution in [-0.2, 0) is 10.1 Å². The van der Waals surface area contributed by atoms with Gasteiger partial charge < -0.3 is 10.2 Å². The number of amides is 2. The quantitative estimate of drug-likeness (QED) is 0.856. The summed E-state index contributed by atoms with van der Waals surface area (Å²) in [5.41, 5.74) is 1.40. The van der Waals surface area contributed by atoms with E-state index in [4.69, 9.17) is 0 Å². The number of hydrogen-bond acceptors (Lipinski definition) is 2. The number of rotatable bonds is 4. The summed E-state index contributed by atoms with van der Waals surface area (Å²) in [6.45, 7) is 5.78. The first-order chi connectivity index (χ1) is 9.23. The fraction of sp³-hybridized carbons (Fsp3) is 0.467. The molecular formula is C15H21BrN2O2. The van der Waals surface area contributed by atoms with Crippen molar-refractivity contribution in [3.63, 3.8) is 0 Å². The van der Waals surface area contributed by atoms with Crippen LogP contribution in [0.25, 0.3) is 0 Å². The van der Waals surface area contributed by atoms with Gasteiger partial charge in [-0.2, -0.15) is 0 Å². The Kier molecular flexibility index (Phi) is 5.74. The van der Waals surface area contributed by atoms with Crippen LogP contribution in [0.15, 0.2) is 24.3 Å². The summed E-state index contributed by atoms with van der Waals surface area (Å²) in [5.74, 6) is -0.319. The third-order valence-electron chi connectivity index (χ3n) is 2.60. The van der Waals surface area contributed by atoms with Crippen molar-refractivity contribution in [1.82, 2.24) is 10.2 Å². The van der Waals surface area contributed by atoms with Crippen LogP contribution in [0.3, 0.4) is 0 Å². The molecular weight excluding hydrogens is 320 g/mol. The van der Waals surface area contributed by atoms with Gasteiger partial charge in [0, 0.05) is 23.5 Å². The number of nitrogens with one attached hydrogen (secondary N) is 1. The van der Waals surface area contributed by atoms with Crippen molar-refractivity contribution >= 4 is 27.7 Å². The zero-order valence-corrected chi connectivity index (χ0v) is 14.0. The van der Waals surface area contributed by atoms with Crippen LogP contribution in [0.2, 0.25) is 0 Å². The van der Waals surface area contributed by atoms with Gasteiger partial charge in [0.05, 0.1) is 6.54 Å². The minimum atomic E-state index is -0.293. The van der Waals surface area contributed by atoms with Gasteiger partial charge in [-0.15, -0.1) is 0 Å². The summed E-state index contributed by atoms with van der Waals surface area (Å²) in [7, 11) is 1.63. The number of likely N-dealkylation sites (N-methyl/N-ethyl adjacent to an activating group) is 1. The summed E-state index contributed by atoms with van der Waals surface area (Å²) in [6.07, 6.45) is 0. The maximum atomic E-state index is 12.2. The van der Waals surface area contributed by atoms with Gasteiger partial charge in [-0.1, -0.05) is 28.1 Å². The second-order valence-electron chi connectivity index (χ2n) is 5.79. The molecule has 5 heteroatoms. The van der Waals surface area contributed by atoms with Crippen LogP contribution in [0.1, 0.15) is 36.7 Å². The van der Waals surface area contributed by atoms with Crippen molar-refractivity contribution in [1.29, 1.82) is 0 Å². The molecule has 2 amide bonds. The van der Waals surface area contributed by atoms with Crippen LogP contribution < -0.4 is 5.32 Å². The predicted octanol–water partition coefficient (Wildman–Crippen LogP) is 2.57. The zero-order chi connectivity index (χ0) is 15.3. The van der Waals surface area contributed by atoms with Crippen molar-refractivity contribution in [2.45, 2.75) is 31.6 Å². The van der Waals surface area contributed by atoms with Crippen LogP contribution in [-0.4, -0.2) is 35.8 Å². The number of alkyl halides is 1. The number of nitrogens with zero attached hydrogens (tertiary/aromatic N) is 1. The molecule has 0 saturated heterocycles. The second kappa shape index (κ2) is 6.88. The molecule has 1 aromatic carbocycles. The molecule has 0 radical (unpaired) electrons. The summed E-state index contributed by atoms with van der Waals surface area (Å²) in [6, 6.07) is 7.34. The van der Waals surface area contributed by atoms with E-state index in [0.29, 0.717) is 5.56 Å². The number of benzene rings is 1. The van der Waals surface area contributed by atoms with Gasteiger partial charge in [0.1, 0.15) is 0 Å². The molecule has 0 aliphatic heterocycles. The summed E-state index contributed by atoms with van der Waals surface area (Å²) in [5, 5.41) is 3.59. The molecule has 0 bridgehead atoms. The van der Waals surface area contributed by atoms with Crippen LogP contribution >= 0.6 is 15.9 Å². The summed E-state index contributed by atoms with van der Waals surface area (Å²) >= 11 is 3.36. The molecule has 0 unspecified atom stereocenters. The van der Waals surface area contributed by atoms with Crippen molar-refractivity contribution < 1.29 is 9.59 Å². The smallest absolute Gasteiger partial charge is 0.254 e. The molecule has 0 fully saturated rings. The van der Waals surface area contributed by atoms with E-state index in [1.165, 1.54) is 4.90 Å². The average Bonchev–Trinajstić information content (AvgIpc) is 2.35. The van der Waals surface area contributed by atoms with Gasteiger partial charge in [-0.05, 0) is 38.5 Å². The molecule has 4 nitrogen and oxygen atoms in total. The highest BCUT2D eigenvalue weighted by molar-refractivity contribution is 9.08. The number of halogens is 1. The minimum absolute atomic E-state index is 0.0519. The van der Waals surface area contributed by atoms with Crippen LogP contribution in [0.4, 0.5) is 0 Å². The lowest BCUT2D eigenvalue weighted by Crippen LogP contribution is -2.46. The lowest BCUT2D eigenvalue weighted by atomic mass is 10.1. The van der Waals surface area contributed by atoms with E-state index in [1.807, 2.05) is 32.9 Å². The SMILES string of the molecule is CN(CC(=O)NC(C)(C)C)C(=O)c1ccc(CBr)cc1. The Morgan fingerprint density at radius 3 is 2.20 bits per heavy atom. The molecule has 0 atom stereocenters. The Bertz CT molecular complexity index is 478. The van der Waals surface area contributed by atoms with Gasteiger partial charge in [-0.3, -0.25) is 9.59 Å². The minimum Gasteiger partial charge on any atom is -0.350 e. The fourth-order valence-electron chi connectivity index (χ4n) is 1.70. The molecule has 0 heterocycles. The van der Waals surface area contributed by atoms with E-state index in [2.05, 4.69) is 21.2 Å². The van der Waals surface area contributed by atoms with Crippen molar-refractivity contribution in [2.24, 2.45) is 0 Å². The van der Waals surface area contributed by atoms with Crippen molar-refractivity contribution in [3.05, 3.63) is 35.4 Å². The fourth-order valence-corrected chi connectivity index (χ4v) is 2.08. The van der Waals surface area contributed by atoms with Crippen molar-refractivity contribution in [3.8, 4) is 0 Å². The first-order valence-corrected chi connectivity index (χ1v) is 7.56. The first kappa shape index (κ1) is 16.7. The highest BCUT2D eigenvalue weighted by atomic mass is 79.9. The molecule has 20 heavy (non-hydrogen) atoms. The lowest BCUT2D eigenvalue weighted by molar-refractivity contribution is -0.122. The van der Waals surface area contributed by atoms with E-state index in [9.17, 15) is 9.59 Å². The normalized spacial score (nSPS) is 11.1. The van der Waals surface area contributed by atoms with Gasteiger partial charge in [-0.25, -0.2) is 0 Å². The Balaban J connectivity index is 2.64. The monoisotopic (exact) mass is 340 g/mol. The van der Waals surface area contributed by atoms with E-state index in [-0.39, 0.29) is 23.9 Å². The molecule has 0 aromatic heterocycles. The molecule has 1 rings (SSSR count). The topological polar surface area (TPSA) is 49.4 Å². The highest BCUT2D eigenvalue weighted by Crippen LogP contribution is 2.09. The third kappa shape index (κ3) is 5.33. The standard InChI is InChI=1S/C15H21BrN2O2/c1-15(2,3)17-13(19)10-18(4)14(20)12-7-5-11(9-16)6-8-12/h5-8H,9-10H2,1-4H3,(H,17,19). The average molecular weight is 341 g/mol. The van der Waals surface area contributed by atoms with E-state index in [0.717, 1.165) is 10.9 Å². The van der Waals surface area contributed by atoms with E-state index < -0.39 is 0 Å². The molecule has 0 spiro atoms. The van der Waals surface area contributed by atoms with Crippen LogP contribution in [0, 0.1) is 0 Å². The van der Waals surface area contributed by atoms with E-state index in [1.54, 1.807) is 19.2 Å². The maximum Gasteiger partial charge on any atom is 0.254 e. The Morgan fingerprint density at radius 2 is 1.75 bits per heavy atom. The number of carbonyl (C=O) groups excluding carboxylic acids is 2. The predicted molar refractivity (Wildman–Crippen MR) is 83.9 cm³/mol. The summed E-state index contributed by atoms with van der Waals surface area (Å²) in [4.78, 5) is 25.4. The van der Waals surface area contributed by atoms with E-state index >= 15 is 0 Å². The maximum absolute atomic E-state index is 12.2. The molecule has 1 N–H and O–H groups in total.